The molecule has 4 nitrogen and oxygen atoms in total. The summed E-state index contributed by atoms with van der Waals surface area (Å²) in [5.74, 6) is 1.52. The molecule has 4 rings (SSSR count). The number of aryl methyl sites for hydroxylation is 1. The highest BCUT2D eigenvalue weighted by molar-refractivity contribution is 5.73. The van der Waals surface area contributed by atoms with Crippen LogP contribution in [0.4, 0.5) is 0 Å². The van der Waals surface area contributed by atoms with E-state index in [-0.39, 0.29) is 0 Å². The van der Waals surface area contributed by atoms with E-state index in [9.17, 15) is 5.26 Å². The molecular weight excluding hydrogens is 344 g/mol. The van der Waals surface area contributed by atoms with Crippen molar-refractivity contribution >= 4 is 6.08 Å². The molecule has 4 heteroatoms. The van der Waals surface area contributed by atoms with E-state index in [2.05, 4.69) is 47.3 Å². The molecule has 3 atom stereocenters. The lowest BCUT2D eigenvalue weighted by Crippen LogP contribution is -2.24. The SMILES string of the molecule is Cc1cccc(C#N)c1-c1ccc(/C=C/[C@@H]2c3cn[nH]c3C[C@H](C)[C@H]2C)nc1. The van der Waals surface area contributed by atoms with Gasteiger partial charge in [-0.15, -0.1) is 0 Å². The van der Waals surface area contributed by atoms with Crippen LogP contribution in [0.25, 0.3) is 17.2 Å². The Morgan fingerprint density at radius 2 is 2.04 bits per heavy atom. The van der Waals surface area contributed by atoms with Crippen molar-refractivity contribution in [2.45, 2.75) is 33.1 Å². The molecule has 2 heterocycles. The molecule has 0 radical (unpaired) electrons. The third-order valence-electron chi connectivity index (χ3n) is 6.04. The van der Waals surface area contributed by atoms with E-state index in [0.717, 1.165) is 28.8 Å². The minimum absolute atomic E-state index is 0.348. The highest BCUT2D eigenvalue weighted by Crippen LogP contribution is 2.39. The molecule has 0 aliphatic heterocycles. The van der Waals surface area contributed by atoms with Crippen LogP contribution in [0.2, 0.25) is 0 Å². The van der Waals surface area contributed by atoms with Gasteiger partial charge in [-0.1, -0.05) is 38.1 Å². The number of nitrogens with one attached hydrogen (secondary N) is 1. The number of benzene rings is 1. The lowest BCUT2D eigenvalue weighted by Gasteiger charge is -2.32. The van der Waals surface area contributed by atoms with Crippen molar-refractivity contribution in [3.8, 4) is 17.2 Å². The smallest absolute Gasteiger partial charge is 0.0998 e. The average Bonchev–Trinajstić information content (AvgIpc) is 3.16. The van der Waals surface area contributed by atoms with Gasteiger partial charge in [0.2, 0.25) is 0 Å². The van der Waals surface area contributed by atoms with E-state index in [0.29, 0.717) is 23.3 Å². The van der Waals surface area contributed by atoms with Crippen LogP contribution >= 0.6 is 0 Å². The van der Waals surface area contributed by atoms with Gasteiger partial charge in [-0.05, 0) is 49.0 Å². The number of aromatic nitrogens is 3. The topological polar surface area (TPSA) is 65.4 Å². The highest BCUT2D eigenvalue weighted by Gasteiger charge is 2.31. The predicted molar refractivity (Wildman–Crippen MR) is 112 cm³/mol. The van der Waals surface area contributed by atoms with Crippen molar-refractivity contribution in [1.82, 2.24) is 15.2 Å². The van der Waals surface area contributed by atoms with Crippen LogP contribution in [-0.4, -0.2) is 15.2 Å². The summed E-state index contributed by atoms with van der Waals surface area (Å²) in [5.41, 5.74) is 7.19. The van der Waals surface area contributed by atoms with E-state index in [1.807, 2.05) is 49.6 Å². The summed E-state index contributed by atoms with van der Waals surface area (Å²) in [6.07, 6.45) is 9.24. The van der Waals surface area contributed by atoms with Gasteiger partial charge >= 0.3 is 0 Å². The van der Waals surface area contributed by atoms with Gasteiger partial charge in [0.05, 0.1) is 23.5 Å². The van der Waals surface area contributed by atoms with Crippen molar-refractivity contribution in [2.24, 2.45) is 11.8 Å². The maximum absolute atomic E-state index is 9.41. The highest BCUT2D eigenvalue weighted by atomic mass is 15.1. The molecule has 1 aromatic carbocycles. The van der Waals surface area contributed by atoms with Crippen LogP contribution in [0, 0.1) is 30.1 Å². The maximum Gasteiger partial charge on any atom is 0.0998 e. The molecule has 2 aromatic heterocycles. The van der Waals surface area contributed by atoms with Gasteiger partial charge in [-0.2, -0.15) is 10.4 Å². The molecule has 1 aliphatic rings. The Morgan fingerprint density at radius 3 is 2.79 bits per heavy atom. The van der Waals surface area contributed by atoms with Crippen LogP contribution in [0.1, 0.15) is 47.8 Å². The van der Waals surface area contributed by atoms with E-state index in [4.69, 9.17) is 0 Å². The molecule has 28 heavy (non-hydrogen) atoms. The Bertz CT molecular complexity index is 1050. The number of nitrogens with zero attached hydrogens (tertiary/aromatic N) is 3. The minimum atomic E-state index is 0.348. The van der Waals surface area contributed by atoms with Crippen LogP contribution in [0.15, 0.2) is 48.8 Å². The van der Waals surface area contributed by atoms with Crippen LogP contribution in [-0.2, 0) is 6.42 Å². The molecule has 0 amide bonds. The zero-order chi connectivity index (χ0) is 19.7. The molecule has 1 aliphatic carbocycles. The predicted octanol–water partition coefficient (Wildman–Crippen LogP) is 5.28. The number of hydrogen-bond acceptors (Lipinski definition) is 3. The Kier molecular flexibility index (Phi) is 4.83. The lowest BCUT2D eigenvalue weighted by atomic mass is 9.73. The molecule has 0 spiro atoms. The Balaban J connectivity index is 1.61. The van der Waals surface area contributed by atoms with Gasteiger partial charge in [-0.25, -0.2) is 0 Å². The number of fused-ring (bicyclic) bond motifs is 1. The average molecular weight is 368 g/mol. The van der Waals surface area contributed by atoms with Gasteiger partial charge in [0.25, 0.3) is 0 Å². The van der Waals surface area contributed by atoms with Crippen molar-refractivity contribution in [3.05, 3.63) is 76.9 Å². The quantitative estimate of drug-likeness (QED) is 0.684. The van der Waals surface area contributed by atoms with Crippen LogP contribution in [0.5, 0.6) is 0 Å². The fourth-order valence-corrected chi connectivity index (χ4v) is 4.20. The summed E-state index contributed by atoms with van der Waals surface area (Å²) in [7, 11) is 0. The molecule has 3 aromatic rings. The molecular formula is C24H24N4. The molecule has 0 bridgehead atoms. The second kappa shape index (κ2) is 7.44. The number of rotatable bonds is 3. The molecule has 140 valence electrons. The number of aromatic amines is 1. The third-order valence-corrected chi connectivity index (χ3v) is 6.04. The zero-order valence-corrected chi connectivity index (χ0v) is 16.5. The number of H-pyrrole nitrogens is 1. The summed E-state index contributed by atoms with van der Waals surface area (Å²) in [5, 5.41) is 16.8. The van der Waals surface area contributed by atoms with E-state index in [1.54, 1.807) is 0 Å². The van der Waals surface area contributed by atoms with Crippen molar-refractivity contribution in [3.63, 3.8) is 0 Å². The summed E-state index contributed by atoms with van der Waals surface area (Å²) < 4.78 is 0. The van der Waals surface area contributed by atoms with Gasteiger partial charge in [-0.3, -0.25) is 10.1 Å². The van der Waals surface area contributed by atoms with Crippen LogP contribution < -0.4 is 0 Å². The van der Waals surface area contributed by atoms with Gasteiger partial charge < -0.3 is 0 Å². The molecule has 0 fully saturated rings. The largest absolute Gasteiger partial charge is 0.282 e. The monoisotopic (exact) mass is 368 g/mol. The molecule has 1 N–H and O–H groups in total. The number of pyridine rings is 1. The fourth-order valence-electron chi connectivity index (χ4n) is 4.20. The van der Waals surface area contributed by atoms with E-state index >= 15 is 0 Å². The first kappa shape index (κ1) is 18.2. The maximum atomic E-state index is 9.41. The summed E-state index contributed by atoms with van der Waals surface area (Å²) >= 11 is 0. The summed E-state index contributed by atoms with van der Waals surface area (Å²) in [6, 6.07) is 12.1. The summed E-state index contributed by atoms with van der Waals surface area (Å²) in [6.45, 7) is 6.64. The van der Waals surface area contributed by atoms with Crippen LogP contribution in [0.3, 0.4) is 0 Å². The van der Waals surface area contributed by atoms with Crippen molar-refractivity contribution in [2.75, 3.05) is 0 Å². The molecule has 0 saturated carbocycles. The number of allylic oxidation sites excluding steroid dienone is 1. The number of nitriles is 1. The Morgan fingerprint density at radius 1 is 1.18 bits per heavy atom. The van der Waals surface area contributed by atoms with Crippen molar-refractivity contribution < 1.29 is 0 Å². The lowest BCUT2D eigenvalue weighted by molar-refractivity contribution is 0.330. The van der Waals surface area contributed by atoms with E-state index in [1.165, 1.54) is 11.3 Å². The summed E-state index contributed by atoms with van der Waals surface area (Å²) in [4.78, 5) is 4.62. The normalized spacial score (nSPS) is 21.4. The second-order valence-electron chi connectivity index (χ2n) is 7.81. The molecule has 0 unspecified atom stereocenters. The minimum Gasteiger partial charge on any atom is -0.282 e. The molecule has 0 saturated heterocycles. The first-order valence-corrected chi connectivity index (χ1v) is 9.75. The Labute approximate surface area is 166 Å². The fraction of sp³-hybridized carbons (Fsp3) is 0.292. The van der Waals surface area contributed by atoms with Gasteiger partial charge in [0.1, 0.15) is 0 Å². The van der Waals surface area contributed by atoms with Gasteiger partial charge in [0.15, 0.2) is 0 Å². The van der Waals surface area contributed by atoms with Gasteiger partial charge in [0, 0.05) is 34.5 Å². The van der Waals surface area contributed by atoms with E-state index < -0.39 is 0 Å². The van der Waals surface area contributed by atoms with Crippen molar-refractivity contribution in [1.29, 1.82) is 5.26 Å². The second-order valence-corrected chi connectivity index (χ2v) is 7.81. The first-order chi connectivity index (χ1) is 13.6. The first-order valence-electron chi connectivity index (χ1n) is 9.75. The number of hydrogen-bond donors (Lipinski definition) is 1. The standard InChI is InChI=1S/C24H24N4/c1-15-5-4-6-18(12-25)24(15)19-7-8-20(26-13-19)9-10-21-17(3)16(2)11-23-22(21)14-27-28-23/h4-10,13-14,16-17,21H,11H2,1-3H3,(H,27,28)/b10-9+/t16-,17+,21-/m0/s1. The Hall–Kier alpha value is -3.19. The third kappa shape index (κ3) is 3.25. The zero-order valence-electron chi connectivity index (χ0n) is 16.5.